The lowest BCUT2D eigenvalue weighted by Gasteiger charge is -2.15. The summed E-state index contributed by atoms with van der Waals surface area (Å²) in [4.78, 5) is 41.1. The van der Waals surface area contributed by atoms with E-state index in [1.165, 1.54) is 22.5 Å². The van der Waals surface area contributed by atoms with Crippen LogP contribution >= 0.6 is 0 Å². The van der Waals surface area contributed by atoms with Crippen LogP contribution < -0.4 is 16.6 Å². The van der Waals surface area contributed by atoms with Crippen LogP contribution in [0.5, 0.6) is 0 Å². The topological polar surface area (TPSA) is 90.9 Å². The van der Waals surface area contributed by atoms with E-state index in [0.29, 0.717) is 6.54 Å². The molecule has 0 aliphatic heterocycles. The first kappa shape index (κ1) is 17.7. The molecule has 0 aliphatic rings. The first-order valence-electron chi connectivity index (χ1n) is 8.36. The van der Waals surface area contributed by atoms with E-state index in [-0.39, 0.29) is 17.1 Å². The summed E-state index contributed by atoms with van der Waals surface area (Å²) in [6.07, 6.45) is 2.15. The third-order valence-corrected chi connectivity index (χ3v) is 4.53. The standard InChI is InChI=1S/C18H21N5O3/c1-12(16(24)19-10-9-13-7-5-4-6-8-13)23-11-20-15-14(23)17(25)22(3)18(26)21(15)2/h4-8,11-12H,9-10H2,1-3H3,(H,19,24). The minimum absolute atomic E-state index is 0.212. The average molecular weight is 355 g/mol. The normalized spacial score (nSPS) is 12.3. The number of nitrogens with zero attached hydrogens (tertiary/aromatic N) is 4. The molecular formula is C18H21N5O3. The van der Waals surface area contributed by atoms with Crippen molar-refractivity contribution in [3.63, 3.8) is 0 Å². The van der Waals surface area contributed by atoms with Crippen molar-refractivity contribution in [2.75, 3.05) is 6.54 Å². The van der Waals surface area contributed by atoms with E-state index in [1.807, 2.05) is 30.3 Å². The molecule has 0 bridgehead atoms. The molecule has 0 fully saturated rings. The number of nitrogens with one attached hydrogen (secondary N) is 1. The number of amides is 1. The van der Waals surface area contributed by atoms with Crippen LogP contribution in [0.1, 0.15) is 18.5 Å². The molecule has 1 aromatic carbocycles. The number of fused-ring (bicyclic) bond motifs is 1. The Hall–Kier alpha value is -3.16. The van der Waals surface area contributed by atoms with Crippen molar-refractivity contribution >= 4 is 17.1 Å². The number of hydrogen-bond acceptors (Lipinski definition) is 4. The zero-order chi connectivity index (χ0) is 18.8. The quantitative estimate of drug-likeness (QED) is 0.715. The summed E-state index contributed by atoms with van der Waals surface area (Å²) in [6, 6.07) is 9.24. The van der Waals surface area contributed by atoms with Crippen LogP contribution in [0.4, 0.5) is 0 Å². The van der Waals surface area contributed by atoms with Crippen molar-refractivity contribution in [1.82, 2.24) is 24.0 Å². The van der Waals surface area contributed by atoms with Gasteiger partial charge in [0.15, 0.2) is 11.2 Å². The third kappa shape index (κ3) is 3.05. The molecule has 0 radical (unpaired) electrons. The predicted molar refractivity (Wildman–Crippen MR) is 98.1 cm³/mol. The highest BCUT2D eigenvalue weighted by Crippen LogP contribution is 2.13. The molecule has 3 rings (SSSR count). The van der Waals surface area contributed by atoms with Gasteiger partial charge in [0.1, 0.15) is 6.04 Å². The molecule has 0 saturated carbocycles. The van der Waals surface area contributed by atoms with Gasteiger partial charge in [-0.2, -0.15) is 0 Å². The van der Waals surface area contributed by atoms with Gasteiger partial charge in [-0.1, -0.05) is 30.3 Å². The number of carbonyl (C=O) groups excluding carboxylic acids is 1. The lowest BCUT2D eigenvalue weighted by atomic mass is 10.1. The molecule has 0 spiro atoms. The molecule has 1 amide bonds. The lowest BCUT2D eigenvalue weighted by molar-refractivity contribution is -0.123. The maximum Gasteiger partial charge on any atom is 0.332 e. The Labute approximate surface area is 149 Å². The van der Waals surface area contributed by atoms with Crippen LogP contribution in [0.3, 0.4) is 0 Å². The molecule has 26 heavy (non-hydrogen) atoms. The first-order chi connectivity index (χ1) is 12.4. The Balaban J connectivity index is 1.81. The van der Waals surface area contributed by atoms with Crippen molar-refractivity contribution in [2.45, 2.75) is 19.4 Å². The van der Waals surface area contributed by atoms with Gasteiger partial charge in [-0.05, 0) is 18.9 Å². The summed E-state index contributed by atoms with van der Waals surface area (Å²) < 4.78 is 3.82. The lowest BCUT2D eigenvalue weighted by Crippen LogP contribution is -2.38. The Bertz CT molecular complexity index is 1060. The van der Waals surface area contributed by atoms with Gasteiger partial charge in [-0.3, -0.25) is 18.7 Å². The maximum absolute atomic E-state index is 12.5. The van der Waals surface area contributed by atoms with Crippen LogP contribution in [0.25, 0.3) is 11.2 Å². The molecule has 2 aromatic heterocycles. The van der Waals surface area contributed by atoms with Gasteiger partial charge in [0.05, 0.1) is 6.33 Å². The number of aromatic nitrogens is 4. The second-order valence-electron chi connectivity index (χ2n) is 6.23. The molecular weight excluding hydrogens is 334 g/mol. The molecule has 2 heterocycles. The van der Waals surface area contributed by atoms with Crippen LogP contribution in [0.15, 0.2) is 46.2 Å². The van der Waals surface area contributed by atoms with Crippen molar-refractivity contribution < 1.29 is 4.79 Å². The fraction of sp³-hybridized carbons (Fsp3) is 0.333. The molecule has 136 valence electrons. The Morgan fingerprint density at radius 2 is 1.85 bits per heavy atom. The number of imidazole rings is 1. The van der Waals surface area contributed by atoms with Gasteiger partial charge in [0.25, 0.3) is 5.56 Å². The van der Waals surface area contributed by atoms with Crippen molar-refractivity contribution in [1.29, 1.82) is 0 Å². The first-order valence-corrected chi connectivity index (χ1v) is 8.36. The largest absolute Gasteiger partial charge is 0.354 e. The van der Waals surface area contributed by atoms with E-state index in [0.717, 1.165) is 16.6 Å². The summed E-state index contributed by atoms with van der Waals surface area (Å²) >= 11 is 0. The maximum atomic E-state index is 12.5. The zero-order valence-corrected chi connectivity index (χ0v) is 15.0. The van der Waals surface area contributed by atoms with Crippen LogP contribution in [-0.2, 0) is 25.3 Å². The van der Waals surface area contributed by atoms with Gasteiger partial charge in [-0.25, -0.2) is 9.78 Å². The van der Waals surface area contributed by atoms with Crippen molar-refractivity contribution in [3.05, 3.63) is 63.1 Å². The number of hydrogen-bond donors (Lipinski definition) is 1. The molecule has 8 nitrogen and oxygen atoms in total. The van der Waals surface area contributed by atoms with Gasteiger partial charge in [0.2, 0.25) is 5.91 Å². The Morgan fingerprint density at radius 3 is 2.54 bits per heavy atom. The molecule has 1 atom stereocenters. The van der Waals surface area contributed by atoms with Gasteiger partial charge >= 0.3 is 5.69 Å². The Morgan fingerprint density at radius 1 is 1.15 bits per heavy atom. The van der Waals surface area contributed by atoms with Crippen molar-refractivity contribution in [2.24, 2.45) is 14.1 Å². The van der Waals surface area contributed by atoms with E-state index in [2.05, 4.69) is 10.3 Å². The van der Waals surface area contributed by atoms with Crippen LogP contribution in [0.2, 0.25) is 0 Å². The highest BCUT2D eigenvalue weighted by Gasteiger charge is 2.21. The predicted octanol–water partition coefficient (Wildman–Crippen LogP) is 0.354. The number of rotatable bonds is 5. The summed E-state index contributed by atoms with van der Waals surface area (Å²) in [6.45, 7) is 2.19. The molecule has 1 unspecified atom stereocenters. The molecule has 3 aromatic rings. The minimum atomic E-state index is -0.624. The van der Waals surface area contributed by atoms with Gasteiger partial charge < -0.3 is 9.88 Å². The van der Waals surface area contributed by atoms with E-state index >= 15 is 0 Å². The summed E-state index contributed by atoms with van der Waals surface area (Å²) in [5.41, 5.74) is 0.719. The monoisotopic (exact) mass is 355 g/mol. The van der Waals surface area contributed by atoms with Crippen molar-refractivity contribution in [3.8, 4) is 0 Å². The van der Waals surface area contributed by atoms with Crippen LogP contribution in [0, 0.1) is 0 Å². The second-order valence-corrected chi connectivity index (χ2v) is 6.23. The highest BCUT2D eigenvalue weighted by atomic mass is 16.2. The van der Waals surface area contributed by atoms with E-state index in [4.69, 9.17) is 0 Å². The van der Waals surface area contributed by atoms with E-state index in [9.17, 15) is 14.4 Å². The molecule has 0 saturated heterocycles. The fourth-order valence-corrected chi connectivity index (χ4v) is 2.91. The Kier molecular flexibility index (Phi) is 4.75. The number of aryl methyl sites for hydroxylation is 1. The number of benzene rings is 1. The molecule has 8 heteroatoms. The number of carbonyl (C=O) groups is 1. The zero-order valence-electron chi connectivity index (χ0n) is 15.0. The van der Waals surface area contributed by atoms with Gasteiger partial charge in [-0.15, -0.1) is 0 Å². The second kappa shape index (κ2) is 6.99. The smallest absolute Gasteiger partial charge is 0.332 e. The summed E-state index contributed by atoms with van der Waals surface area (Å²) in [5.74, 6) is -0.212. The fourth-order valence-electron chi connectivity index (χ4n) is 2.91. The van der Waals surface area contributed by atoms with Crippen LogP contribution in [-0.4, -0.2) is 31.1 Å². The average Bonchev–Trinajstić information content (AvgIpc) is 3.10. The summed E-state index contributed by atoms with van der Waals surface area (Å²) in [7, 11) is 2.96. The minimum Gasteiger partial charge on any atom is -0.354 e. The molecule has 0 aliphatic carbocycles. The molecule has 1 N–H and O–H groups in total. The third-order valence-electron chi connectivity index (χ3n) is 4.53. The van der Waals surface area contributed by atoms with E-state index < -0.39 is 17.3 Å². The van der Waals surface area contributed by atoms with Gasteiger partial charge in [0, 0.05) is 20.6 Å². The SMILES string of the molecule is CC(C(=O)NCCc1ccccc1)n1cnc2c1c(=O)n(C)c(=O)n2C. The summed E-state index contributed by atoms with van der Waals surface area (Å²) in [5, 5.41) is 2.88. The van der Waals surface area contributed by atoms with E-state index in [1.54, 1.807) is 14.0 Å². The highest BCUT2D eigenvalue weighted by molar-refractivity contribution is 5.82.